The monoisotopic (exact) mass is 358 g/mol. The van der Waals surface area contributed by atoms with Gasteiger partial charge in [-0.05, 0) is 11.2 Å². The molecule has 0 radical (unpaired) electrons. The maximum atomic E-state index is 10.6. The summed E-state index contributed by atoms with van der Waals surface area (Å²) in [6, 6.07) is 3.38. The SMILES string of the molecule is CC(CC(=O)O)[n+]1ccc(-c2ncccn2)cn1.O=C([O-])C(F)(F)F. The molecule has 1 atom stereocenters. The number of carbonyl (C=O) groups excluding carboxylic acids is 1. The molecule has 0 aromatic carbocycles. The Bertz CT molecular complexity index is 708. The molecule has 0 saturated carbocycles. The fraction of sp³-hybridized carbons (Fsp3) is 0.286. The second kappa shape index (κ2) is 8.66. The van der Waals surface area contributed by atoms with E-state index < -0.39 is 18.1 Å². The van der Waals surface area contributed by atoms with Crippen molar-refractivity contribution < 1.29 is 37.7 Å². The summed E-state index contributed by atoms with van der Waals surface area (Å²) in [4.78, 5) is 27.6. The van der Waals surface area contributed by atoms with E-state index in [1.54, 1.807) is 42.5 Å². The van der Waals surface area contributed by atoms with Crippen LogP contribution in [0.1, 0.15) is 19.4 Å². The fourth-order valence-corrected chi connectivity index (χ4v) is 1.55. The molecular weight excluding hydrogens is 345 g/mol. The number of alkyl halides is 3. The van der Waals surface area contributed by atoms with Crippen LogP contribution in [0.5, 0.6) is 0 Å². The summed E-state index contributed by atoms with van der Waals surface area (Å²) in [6.07, 6.45) is 1.54. The van der Waals surface area contributed by atoms with Crippen LogP contribution in [0.3, 0.4) is 0 Å². The van der Waals surface area contributed by atoms with Gasteiger partial charge in [0.25, 0.3) is 0 Å². The smallest absolute Gasteiger partial charge is 0.430 e. The number of halogens is 3. The van der Waals surface area contributed by atoms with Gasteiger partial charge in [0.15, 0.2) is 18.1 Å². The highest BCUT2D eigenvalue weighted by molar-refractivity contribution is 5.70. The Morgan fingerprint density at radius 1 is 1.32 bits per heavy atom. The summed E-state index contributed by atoms with van der Waals surface area (Å²) < 4.78 is 33.2. The predicted octanol–water partition coefficient (Wildman–Crippen LogP) is 0.160. The average molecular weight is 358 g/mol. The molecule has 0 fully saturated rings. The zero-order valence-electron chi connectivity index (χ0n) is 12.8. The van der Waals surface area contributed by atoms with Crippen molar-refractivity contribution in [1.82, 2.24) is 15.1 Å². The minimum atomic E-state index is -5.19. The van der Waals surface area contributed by atoms with Crippen molar-refractivity contribution in [3.05, 3.63) is 36.9 Å². The van der Waals surface area contributed by atoms with Crippen LogP contribution in [0.2, 0.25) is 0 Å². The van der Waals surface area contributed by atoms with Crippen molar-refractivity contribution >= 4 is 11.9 Å². The molecule has 2 aromatic heterocycles. The highest BCUT2D eigenvalue weighted by Crippen LogP contribution is 2.11. The third-order valence-corrected chi connectivity index (χ3v) is 2.71. The van der Waals surface area contributed by atoms with Gasteiger partial charge in [-0.15, -0.1) is 0 Å². The molecule has 0 aliphatic rings. The van der Waals surface area contributed by atoms with Crippen LogP contribution in [0, 0.1) is 0 Å². The zero-order valence-corrected chi connectivity index (χ0v) is 12.8. The minimum Gasteiger partial charge on any atom is -0.542 e. The summed E-state index contributed by atoms with van der Waals surface area (Å²) in [5.41, 5.74) is 0.800. The second-order valence-electron chi connectivity index (χ2n) is 4.70. The maximum absolute atomic E-state index is 10.6. The van der Waals surface area contributed by atoms with Crippen LogP contribution in [0.4, 0.5) is 13.2 Å². The van der Waals surface area contributed by atoms with E-state index in [1.165, 1.54) is 0 Å². The van der Waals surface area contributed by atoms with Gasteiger partial charge in [-0.1, -0.05) is 4.68 Å². The Morgan fingerprint density at radius 2 is 1.88 bits per heavy atom. The lowest BCUT2D eigenvalue weighted by Gasteiger charge is -2.03. The minimum absolute atomic E-state index is 0.0405. The summed E-state index contributed by atoms with van der Waals surface area (Å²) in [7, 11) is 0. The largest absolute Gasteiger partial charge is 0.542 e. The first-order valence-electron chi connectivity index (χ1n) is 6.76. The highest BCUT2D eigenvalue weighted by atomic mass is 19.4. The molecule has 0 saturated heterocycles. The Morgan fingerprint density at radius 3 is 2.28 bits per heavy atom. The summed E-state index contributed by atoms with van der Waals surface area (Å²) in [5.74, 6) is -3.25. The van der Waals surface area contributed by atoms with Crippen molar-refractivity contribution in [2.24, 2.45) is 0 Å². The zero-order chi connectivity index (χ0) is 19.0. The van der Waals surface area contributed by atoms with Crippen LogP contribution < -0.4 is 9.79 Å². The Kier molecular flexibility index (Phi) is 6.91. The maximum Gasteiger partial charge on any atom is 0.430 e. The quantitative estimate of drug-likeness (QED) is 0.773. The van der Waals surface area contributed by atoms with Crippen LogP contribution in [0.25, 0.3) is 11.4 Å². The van der Waals surface area contributed by atoms with Crippen LogP contribution in [0.15, 0.2) is 36.9 Å². The predicted molar refractivity (Wildman–Crippen MR) is 73.5 cm³/mol. The molecule has 0 aliphatic heterocycles. The van der Waals surface area contributed by atoms with E-state index in [1.807, 2.05) is 6.07 Å². The number of carboxylic acid groups (broad SMARTS) is 2. The van der Waals surface area contributed by atoms with Crippen LogP contribution >= 0.6 is 0 Å². The molecule has 8 nitrogen and oxygen atoms in total. The van der Waals surface area contributed by atoms with Crippen molar-refractivity contribution in [3.63, 3.8) is 0 Å². The fourth-order valence-electron chi connectivity index (χ4n) is 1.55. The van der Waals surface area contributed by atoms with Crippen molar-refractivity contribution in [3.8, 4) is 11.4 Å². The molecule has 134 valence electrons. The lowest BCUT2D eigenvalue weighted by Crippen LogP contribution is -2.42. The third kappa shape index (κ3) is 6.89. The van der Waals surface area contributed by atoms with Gasteiger partial charge < -0.3 is 15.0 Å². The molecule has 0 spiro atoms. The van der Waals surface area contributed by atoms with Gasteiger partial charge in [0.1, 0.15) is 18.6 Å². The van der Waals surface area contributed by atoms with E-state index in [-0.39, 0.29) is 12.5 Å². The lowest BCUT2D eigenvalue weighted by atomic mass is 10.2. The van der Waals surface area contributed by atoms with E-state index in [2.05, 4.69) is 15.1 Å². The van der Waals surface area contributed by atoms with Crippen LogP contribution in [-0.4, -0.2) is 38.3 Å². The van der Waals surface area contributed by atoms with Gasteiger partial charge in [0, 0.05) is 30.9 Å². The second-order valence-corrected chi connectivity index (χ2v) is 4.70. The molecule has 2 rings (SSSR count). The molecule has 2 heterocycles. The van der Waals surface area contributed by atoms with Gasteiger partial charge in [-0.2, -0.15) is 13.2 Å². The van der Waals surface area contributed by atoms with Gasteiger partial charge in [0.05, 0.1) is 0 Å². The van der Waals surface area contributed by atoms with E-state index >= 15 is 0 Å². The van der Waals surface area contributed by atoms with Gasteiger partial charge >= 0.3 is 12.1 Å². The number of aromatic nitrogens is 4. The first-order chi connectivity index (χ1) is 11.6. The molecule has 2 aromatic rings. The first kappa shape index (κ1) is 19.9. The number of nitrogens with zero attached hydrogens (tertiary/aromatic N) is 4. The Hall–Kier alpha value is -3.11. The third-order valence-electron chi connectivity index (χ3n) is 2.71. The number of rotatable bonds is 4. The number of carbonyl (C=O) groups is 2. The Labute approximate surface area is 139 Å². The number of aliphatic carboxylic acids is 2. The van der Waals surface area contributed by atoms with E-state index in [9.17, 15) is 18.0 Å². The lowest BCUT2D eigenvalue weighted by molar-refractivity contribution is -0.773. The highest BCUT2D eigenvalue weighted by Gasteiger charge is 2.28. The summed E-state index contributed by atoms with van der Waals surface area (Å²) in [6.45, 7) is 1.81. The molecule has 0 amide bonds. The van der Waals surface area contributed by atoms with Gasteiger partial charge in [-0.3, -0.25) is 4.79 Å². The van der Waals surface area contributed by atoms with Crippen molar-refractivity contribution in [1.29, 1.82) is 0 Å². The normalized spacial score (nSPS) is 11.8. The first-order valence-corrected chi connectivity index (χ1v) is 6.76. The number of carboxylic acids is 2. The number of hydrogen-bond acceptors (Lipinski definition) is 6. The van der Waals surface area contributed by atoms with Crippen LogP contribution in [-0.2, 0) is 9.59 Å². The molecule has 0 aliphatic carbocycles. The Balaban J connectivity index is 0.000000381. The molecule has 1 N–H and O–H groups in total. The molecule has 11 heteroatoms. The van der Waals surface area contributed by atoms with Crippen molar-refractivity contribution in [2.45, 2.75) is 25.6 Å². The van der Waals surface area contributed by atoms with Crippen molar-refractivity contribution in [2.75, 3.05) is 0 Å². The van der Waals surface area contributed by atoms with E-state index in [0.717, 1.165) is 5.56 Å². The van der Waals surface area contributed by atoms with Gasteiger partial charge in [0.2, 0.25) is 0 Å². The molecule has 0 bridgehead atoms. The standard InChI is InChI=1S/C12H12N4O2.C2HF3O2/c1-9(7-11(17)18)16-6-3-10(8-15-16)12-13-4-2-5-14-12;3-2(4,5)1(6)7/h2-6,8-9H,7H2,1H3;(H,6,7). The topological polar surface area (TPSA) is 120 Å². The summed E-state index contributed by atoms with van der Waals surface area (Å²) >= 11 is 0. The molecule has 25 heavy (non-hydrogen) atoms. The average Bonchev–Trinajstić information content (AvgIpc) is 2.55. The van der Waals surface area contributed by atoms with E-state index in [4.69, 9.17) is 15.0 Å². The number of hydrogen-bond donors (Lipinski definition) is 1. The summed E-state index contributed by atoms with van der Waals surface area (Å²) in [5, 5.41) is 21.7. The van der Waals surface area contributed by atoms with Gasteiger partial charge in [-0.25, -0.2) is 9.97 Å². The molecular formula is C14H13F3N4O4. The molecule has 1 unspecified atom stereocenters. The van der Waals surface area contributed by atoms with E-state index in [0.29, 0.717) is 5.82 Å².